The maximum Gasteiger partial charge on any atom is 0.374 e. The Morgan fingerprint density at radius 2 is 2.00 bits per heavy atom. The van der Waals surface area contributed by atoms with E-state index in [0.717, 1.165) is 0 Å². The average molecular weight is 124 g/mol. The van der Waals surface area contributed by atoms with Crippen LogP contribution >= 0.6 is 0 Å². The van der Waals surface area contributed by atoms with E-state index in [1.54, 1.807) is 0 Å². The van der Waals surface area contributed by atoms with Crippen LogP contribution in [0.1, 0.15) is 0 Å². The van der Waals surface area contributed by atoms with Gasteiger partial charge >= 0.3 is 12.0 Å². The minimum Gasteiger partial charge on any atom is -0.254 e. The Morgan fingerprint density at radius 3 is 2.00 bits per heavy atom. The van der Waals surface area contributed by atoms with Crippen LogP contribution in [0.5, 0.6) is 0 Å². The van der Waals surface area contributed by atoms with Gasteiger partial charge in [-0.1, -0.05) is 6.58 Å². The van der Waals surface area contributed by atoms with Crippen LogP contribution < -0.4 is 0 Å². The van der Waals surface area contributed by atoms with Crippen LogP contribution in [-0.4, -0.2) is 12.0 Å². The van der Waals surface area contributed by atoms with Gasteiger partial charge < -0.3 is 0 Å². The van der Waals surface area contributed by atoms with Gasteiger partial charge in [-0.05, 0) is 6.08 Å². The van der Waals surface area contributed by atoms with Gasteiger partial charge in [-0.15, -0.1) is 0 Å². The second-order valence-electron chi connectivity index (χ2n) is 1.10. The van der Waals surface area contributed by atoms with Crippen molar-refractivity contribution in [3.05, 3.63) is 12.7 Å². The van der Waals surface area contributed by atoms with Gasteiger partial charge in [-0.3, -0.25) is 4.79 Å². The predicted molar refractivity (Wildman–Crippen MR) is 21.3 cm³/mol. The van der Waals surface area contributed by atoms with E-state index in [9.17, 15) is 18.0 Å². The van der Waals surface area contributed by atoms with Gasteiger partial charge in [0, 0.05) is 0 Å². The SMILES string of the molecule is C=CC(F)(F)C(=O)F. The van der Waals surface area contributed by atoms with Crippen molar-refractivity contribution in [2.75, 3.05) is 0 Å². The molecule has 0 bridgehead atoms. The number of carbonyl (C=O) groups is 1. The van der Waals surface area contributed by atoms with Gasteiger partial charge in [0.05, 0.1) is 0 Å². The molecule has 46 valence electrons. The number of alkyl halides is 2. The highest BCUT2D eigenvalue weighted by atomic mass is 19.3. The van der Waals surface area contributed by atoms with E-state index in [-0.39, 0.29) is 6.08 Å². The third-order valence-electron chi connectivity index (χ3n) is 0.518. The van der Waals surface area contributed by atoms with E-state index in [1.165, 1.54) is 0 Å². The minimum absolute atomic E-state index is 0.0463. The van der Waals surface area contributed by atoms with E-state index in [0.29, 0.717) is 0 Å². The first-order valence-electron chi connectivity index (χ1n) is 1.72. The average Bonchev–Trinajstić information content (AvgIpc) is 1.67. The summed E-state index contributed by atoms with van der Waals surface area (Å²) in [5.74, 6) is -4.00. The van der Waals surface area contributed by atoms with Gasteiger partial charge in [-0.25, -0.2) is 0 Å². The molecule has 0 radical (unpaired) electrons. The molecule has 0 aliphatic rings. The first-order valence-corrected chi connectivity index (χ1v) is 1.72. The monoisotopic (exact) mass is 124 g/mol. The van der Waals surface area contributed by atoms with Crippen LogP contribution in [0.3, 0.4) is 0 Å². The molecule has 0 fully saturated rings. The summed E-state index contributed by atoms with van der Waals surface area (Å²) < 4.78 is 33.9. The molecule has 1 nitrogen and oxygen atoms in total. The molecule has 0 heterocycles. The summed E-state index contributed by atoms with van der Waals surface area (Å²) in [6, 6.07) is -2.67. The summed E-state index contributed by atoms with van der Waals surface area (Å²) in [7, 11) is 0. The maximum atomic E-state index is 11.4. The lowest BCUT2D eigenvalue weighted by atomic mass is 10.4. The summed E-state index contributed by atoms with van der Waals surface area (Å²) in [6.07, 6.45) is -0.0463. The second kappa shape index (κ2) is 1.98. The van der Waals surface area contributed by atoms with Gasteiger partial charge in [0.2, 0.25) is 0 Å². The van der Waals surface area contributed by atoms with Crippen LogP contribution in [-0.2, 0) is 4.79 Å². The van der Waals surface area contributed by atoms with Gasteiger partial charge in [0.15, 0.2) is 0 Å². The molecule has 0 amide bonds. The van der Waals surface area contributed by atoms with E-state index >= 15 is 0 Å². The predicted octanol–water partition coefficient (Wildman–Crippen LogP) is 1.30. The Bertz CT molecular complexity index is 118. The number of halogens is 3. The van der Waals surface area contributed by atoms with Gasteiger partial charge in [-0.2, -0.15) is 13.2 Å². The topological polar surface area (TPSA) is 17.1 Å². The Hall–Kier alpha value is -0.800. The highest BCUT2D eigenvalue weighted by Gasteiger charge is 2.34. The minimum atomic E-state index is -4.00. The van der Waals surface area contributed by atoms with Crippen LogP contribution in [0.25, 0.3) is 0 Å². The fourth-order valence-electron chi connectivity index (χ4n) is 0.0802. The maximum absolute atomic E-state index is 11.4. The zero-order valence-corrected chi connectivity index (χ0v) is 3.83. The highest BCUT2D eigenvalue weighted by molar-refractivity contribution is 5.78. The molecule has 0 aromatic rings. The van der Waals surface area contributed by atoms with Crippen molar-refractivity contribution in [3.8, 4) is 0 Å². The third-order valence-corrected chi connectivity index (χ3v) is 0.518. The molecule has 0 atom stereocenters. The van der Waals surface area contributed by atoms with Crippen molar-refractivity contribution in [3.63, 3.8) is 0 Å². The molecule has 0 N–H and O–H groups in total. The standard InChI is InChI=1S/C4H3F3O/c1-2-4(6,7)3(5)8/h2H,1H2. The molecule has 0 saturated heterocycles. The number of allylic oxidation sites excluding steroid dienone is 1. The Kier molecular flexibility index (Phi) is 1.78. The molecule has 0 saturated carbocycles. The number of hydrogen-bond donors (Lipinski definition) is 0. The van der Waals surface area contributed by atoms with Crippen LogP contribution in [0.15, 0.2) is 12.7 Å². The van der Waals surface area contributed by atoms with E-state index in [2.05, 4.69) is 6.58 Å². The molecule has 8 heavy (non-hydrogen) atoms. The molecule has 0 aromatic carbocycles. The number of carbonyl (C=O) groups excluding carboxylic acids is 1. The van der Waals surface area contributed by atoms with E-state index in [4.69, 9.17) is 0 Å². The zero-order valence-electron chi connectivity index (χ0n) is 3.83. The lowest BCUT2D eigenvalue weighted by molar-refractivity contribution is -0.148. The molecular weight excluding hydrogens is 121 g/mol. The summed E-state index contributed by atoms with van der Waals surface area (Å²) in [4.78, 5) is 9.21. The third kappa shape index (κ3) is 1.36. The zero-order chi connectivity index (χ0) is 6.78. The summed E-state index contributed by atoms with van der Waals surface area (Å²) in [6.45, 7) is 2.54. The first kappa shape index (κ1) is 7.20. The van der Waals surface area contributed by atoms with Crippen LogP contribution in [0, 0.1) is 0 Å². The fraction of sp³-hybridized carbons (Fsp3) is 0.250. The molecule has 4 heteroatoms. The Balaban J connectivity index is 4.12. The van der Waals surface area contributed by atoms with Crippen molar-refractivity contribution >= 4 is 6.04 Å². The fourth-order valence-corrected chi connectivity index (χ4v) is 0.0802. The summed E-state index contributed by atoms with van der Waals surface area (Å²) >= 11 is 0. The summed E-state index contributed by atoms with van der Waals surface area (Å²) in [5.41, 5.74) is 0. The molecule has 0 unspecified atom stereocenters. The highest BCUT2D eigenvalue weighted by Crippen LogP contribution is 2.15. The van der Waals surface area contributed by atoms with Crippen molar-refractivity contribution in [1.82, 2.24) is 0 Å². The Labute approximate surface area is 43.8 Å². The van der Waals surface area contributed by atoms with E-state index < -0.39 is 12.0 Å². The largest absolute Gasteiger partial charge is 0.374 e. The first-order chi connectivity index (χ1) is 3.50. The number of hydrogen-bond acceptors (Lipinski definition) is 1. The lowest BCUT2D eigenvalue weighted by Crippen LogP contribution is -2.20. The smallest absolute Gasteiger partial charge is 0.254 e. The van der Waals surface area contributed by atoms with Crippen molar-refractivity contribution < 1.29 is 18.0 Å². The van der Waals surface area contributed by atoms with Gasteiger partial charge in [0.1, 0.15) is 0 Å². The normalized spacial score (nSPS) is 10.9. The quantitative estimate of drug-likeness (QED) is 0.400. The van der Waals surface area contributed by atoms with Crippen molar-refractivity contribution in [1.29, 1.82) is 0 Å². The molecule has 0 rings (SSSR count). The molecular formula is C4H3F3O. The van der Waals surface area contributed by atoms with Crippen molar-refractivity contribution in [2.45, 2.75) is 5.92 Å². The van der Waals surface area contributed by atoms with E-state index in [1.807, 2.05) is 0 Å². The van der Waals surface area contributed by atoms with Gasteiger partial charge in [0.25, 0.3) is 0 Å². The lowest BCUT2D eigenvalue weighted by Gasteiger charge is -1.99. The molecule has 0 aromatic heterocycles. The van der Waals surface area contributed by atoms with Crippen LogP contribution in [0.4, 0.5) is 13.2 Å². The number of rotatable bonds is 2. The van der Waals surface area contributed by atoms with Crippen molar-refractivity contribution in [2.24, 2.45) is 0 Å². The second-order valence-corrected chi connectivity index (χ2v) is 1.10. The Morgan fingerprint density at radius 1 is 1.62 bits per heavy atom. The van der Waals surface area contributed by atoms with Crippen LogP contribution in [0.2, 0.25) is 0 Å². The molecule has 0 aliphatic heterocycles. The molecule has 0 aliphatic carbocycles. The summed E-state index contributed by atoms with van der Waals surface area (Å²) in [5, 5.41) is 0. The molecule has 0 spiro atoms.